The number of aliphatic hydroxyl groups excluding tert-OH is 1. The third-order valence-corrected chi connectivity index (χ3v) is 4.46. The van der Waals surface area contributed by atoms with E-state index in [1.54, 1.807) is 0 Å². The normalized spacial score (nSPS) is 19.2. The predicted octanol–water partition coefficient (Wildman–Crippen LogP) is 3.29. The summed E-state index contributed by atoms with van der Waals surface area (Å²) in [4.78, 5) is 0. The first kappa shape index (κ1) is 16.3. The van der Waals surface area contributed by atoms with Crippen LogP contribution in [0.1, 0.15) is 44.6 Å². The lowest BCUT2D eigenvalue weighted by Crippen LogP contribution is -2.40. The molecule has 0 aliphatic heterocycles. The van der Waals surface area contributed by atoms with Crippen molar-refractivity contribution in [2.24, 2.45) is 5.92 Å². The molecule has 0 bridgehead atoms. The number of hydrogen-bond donors (Lipinski definition) is 2. The Hall–Kier alpha value is -1.06. The fourth-order valence-corrected chi connectivity index (χ4v) is 3.08. The number of benzene rings is 1. The van der Waals surface area contributed by atoms with E-state index in [1.807, 2.05) is 31.2 Å². The highest BCUT2D eigenvalue weighted by Crippen LogP contribution is 2.26. The van der Waals surface area contributed by atoms with E-state index in [2.05, 4.69) is 12.2 Å². The molecule has 0 radical (unpaired) electrons. The molecule has 118 valence electrons. The van der Waals surface area contributed by atoms with Gasteiger partial charge in [0.2, 0.25) is 0 Å². The van der Waals surface area contributed by atoms with Crippen LogP contribution < -0.4 is 10.1 Å². The van der Waals surface area contributed by atoms with Crippen molar-refractivity contribution >= 4 is 0 Å². The van der Waals surface area contributed by atoms with E-state index in [0.717, 1.165) is 11.7 Å². The van der Waals surface area contributed by atoms with Gasteiger partial charge in [0.25, 0.3) is 0 Å². The number of aryl methyl sites for hydroxylation is 1. The lowest BCUT2D eigenvalue weighted by Gasteiger charge is -2.29. The van der Waals surface area contributed by atoms with Crippen molar-refractivity contribution < 1.29 is 9.84 Å². The first-order valence-corrected chi connectivity index (χ1v) is 8.26. The Kier molecular flexibility index (Phi) is 6.52. The van der Waals surface area contributed by atoms with Crippen LogP contribution in [0.15, 0.2) is 24.3 Å². The largest absolute Gasteiger partial charge is 0.491 e. The molecule has 2 unspecified atom stereocenters. The van der Waals surface area contributed by atoms with E-state index in [4.69, 9.17) is 4.74 Å². The first-order valence-electron chi connectivity index (χ1n) is 8.26. The van der Waals surface area contributed by atoms with Crippen molar-refractivity contribution in [2.75, 3.05) is 13.2 Å². The summed E-state index contributed by atoms with van der Waals surface area (Å²) in [6.45, 7) is 5.22. The molecule has 1 aromatic rings. The molecular weight excluding hydrogens is 262 g/mol. The number of ether oxygens (including phenoxy) is 1. The lowest BCUT2D eigenvalue weighted by molar-refractivity contribution is 0.100. The van der Waals surface area contributed by atoms with Crippen LogP contribution in [0.2, 0.25) is 0 Å². The Bertz CT molecular complexity index is 415. The van der Waals surface area contributed by atoms with Crippen molar-refractivity contribution in [3.63, 3.8) is 0 Å². The zero-order chi connectivity index (χ0) is 15.1. The van der Waals surface area contributed by atoms with Crippen molar-refractivity contribution in [3.8, 4) is 5.75 Å². The van der Waals surface area contributed by atoms with Gasteiger partial charge < -0.3 is 15.2 Å². The third-order valence-electron chi connectivity index (χ3n) is 4.46. The Morgan fingerprint density at radius 2 is 2.05 bits per heavy atom. The average Bonchev–Trinajstić information content (AvgIpc) is 2.51. The van der Waals surface area contributed by atoms with Gasteiger partial charge in [0.1, 0.15) is 18.5 Å². The summed E-state index contributed by atoms with van der Waals surface area (Å²) in [5.74, 6) is 1.60. The van der Waals surface area contributed by atoms with Crippen molar-refractivity contribution in [1.82, 2.24) is 5.32 Å². The summed E-state index contributed by atoms with van der Waals surface area (Å²) in [5.41, 5.74) is 1.17. The van der Waals surface area contributed by atoms with Crippen molar-refractivity contribution in [3.05, 3.63) is 29.8 Å². The first-order chi connectivity index (χ1) is 10.1. The van der Waals surface area contributed by atoms with Crippen LogP contribution in [0.4, 0.5) is 0 Å². The summed E-state index contributed by atoms with van der Waals surface area (Å²) in [5, 5.41) is 13.5. The molecule has 1 fully saturated rings. The molecule has 3 heteroatoms. The second-order valence-electron chi connectivity index (χ2n) is 6.38. The SMILES string of the molecule is Cc1cccc(OCC(O)CNC(C)C2CCCCC2)c1. The van der Waals surface area contributed by atoms with Gasteiger partial charge in [-0.05, 0) is 50.3 Å². The van der Waals surface area contributed by atoms with Gasteiger partial charge in [-0.25, -0.2) is 0 Å². The van der Waals surface area contributed by atoms with Crippen LogP contribution >= 0.6 is 0 Å². The van der Waals surface area contributed by atoms with E-state index >= 15 is 0 Å². The standard InChI is InChI=1S/C18H29NO2/c1-14-7-6-10-18(11-14)21-13-17(20)12-19-15(2)16-8-4-3-5-9-16/h6-7,10-11,15-17,19-20H,3-5,8-9,12-13H2,1-2H3. The summed E-state index contributed by atoms with van der Waals surface area (Å²) in [6.07, 6.45) is 6.28. The summed E-state index contributed by atoms with van der Waals surface area (Å²) < 4.78 is 5.64. The smallest absolute Gasteiger partial charge is 0.119 e. The fourth-order valence-electron chi connectivity index (χ4n) is 3.08. The highest BCUT2D eigenvalue weighted by atomic mass is 16.5. The van der Waals surface area contributed by atoms with E-state index in [-0.39, 0.29) is 0 Å². The van der Waals surface area contributed by atoms with Gasteiger partial charge in [0, 0.05) is 12.6 Å². The van der Waals surface area contributed by atoms with Crippen LogP contribution in [-0.4, -0.2) is 30.4 Å². The highest BCUT2D eigenvalue weighted by molar-refractivity contribution is 5.27. The lowest BCUT2D eigenvalue weighted by atomic mass is 9.84. The number of aliphatic hydroxyl groups is 1. The number of hydrogen-bond acceptors (Lipinski definition) is 3. The van der Waals surface area contributed by atoms with Gasteiger partial charge in [-0.15, -0.1) is 0 Å². The van der Waals surface area contributed by atoms with Crippen molar-refractivity contribution in [1.29, 1.82) is 0 Å². The molecule has 2 atom stereocenters. The maximum Gasteiger partial charge on any atom is 0.119 e. The quantitative estimate of drug-likeness (QED) is 0.810. The summed E-state index contributed by atoms with van der Waals surface area (Å²) >= 11 is 0. The minimum atomic E-state index is -0.462. The zero-order valence-corrected chi connectivity index (χ0v) is 13.3. The van der Waals surface area contributed by atoms with Crippen molar-refractivity contribution in [2.45, 2.75) is 58.1 Å². The molecule has 2 rings (SSSR count). The highest BCUT2D eigenvalue weighted by Gasteiger charge is 2.20. The molecular formula is C18H29NO2. The Morgan fingerprint density at radius 3 is 2.76 bits per heavy atom. The maximum absolute atomic E-state index is 10.0. The monoisotopic (exact) mass is 291 g/mol. The second kappa shape index (κ2) is 8.40. The predicted molar refractivity (Wildman–Crippen MR) is 86.7 cm³/mol. The Balaban J connectivity index is 1.66. The number of rotatable bonds is 7. The summed E-state index contributed by atoms with van der Waals surface area (Å²) in [6, 6.07) is 8.42. The molecule has 0 aromatic heterocycles. The minimum absolute atomic E-state index is 0.341. The van der Waals surface area contributed by atoms with Crippen LogP contribution in [0, 0.1) is 12.8 Å². The molecule has 1 saturated carbocycles. The van der Waals surface area contributed by atoms with Crippen LogP contribution in [0.5, 0.6) is 5.75 Å². The molecule has 2 N–H and O–H groups in total. The van der Waals surface area contributed by atoms with E-state index in [1.165, 1.54) is 37.7 Å². The topological polar surface area (TPSA) is 41.5 Å². The van der Waals surface area contributed by atoms with Gasteiger partial charge in [-0.2, -0.15) is 0 Å². The number of nitrogens with one attached hydrogen (secondary N) is 1. The van der Waals surface area contributed by atoms with Gasteiger partial charge in [0.15, 0.2) is 0 Å². The van der Waals surface area contributed by atoms with E-state index in [9.17, 15) is 5.11 Å². The van der Waals surface area contributed by atoms with Gasteiger partial charge in [0.05, 0.1) is 0 Å². The van der Waals surface area contributed by atoms with E-state index < -0.39 is 6.10 Å². The van der Waals surface area contributed by atoms with Crippen LogP contribution in [-0.2, 0) is 0 Å². The molecule has 21 heavy (non-hydrogen) atoms. The molecule has 1 aliphatic rings. The molecule has 1 aromatic carbocycles. The second-order valence-corrected chi connectivity index (χ2v) is 6.38. The zero-order valence-electron chi connectivity index (χ0n) is 13.3. The molecule has 0 spiro atoms. The Labute approximate surface area is 128 Å². The molecule has 3 nitrogen and oxygen atoms in total. The van der Waals surface area contributed by atoms with Crippen LogP contribution in [0.25, 0.3) is 0 Å². The molecule has 0 heterocycles. The fraction of sp³-hybridized carbons (Fsp3) is 0.667. The maximum atomic E-state index is 10.0. The molecule has 0 saturated heterocycles. The van der Waals surface area contributed by atoms with Crippen LogP contribution in [0.3, 0.4) is 0 Å². The van der Waals surface area contributed by atoms with E-state index in [0.29, 0.717) is 19.2 Å². The third kappa shape index (κ3) is 5.68. The summed E-state index contributed by atoms with van der Waals surface area (Å²) in [7, 11) is 0. The average molecular weight is 291 g/mol. The molecule has 0 amide bonds. The molecule has 1 aliphatic carbocycles. The van der Waals surface area contributed by atoms with Gasteiger partial charge in [-0.3, -0.25) is 0 Å². The Morgan fingerprint density at radius 1 is 1.29 bits per heavy atom. The van der Waals surface area contributed by atoms with Gasteiger partial charge in [-0.1, -0.05) is 31.4 Å². The minimum Gasteiger partial charge on any atom is -0.491 e. The van der Waals surface area contributed by atoms with Gasteiger partial charge >= 0.3 is 0 Å².